The van der Waals surface area contributed by atoms with Crippen LogP contribution >= 0.6 is 0 Å². The molecule has 0 aromatic heterocycles. The van der Waals surface area contributed by atoms with Gasteiger partial charge in [0.2, 0.25) is 0 Å². The highest BCUT2D eigenvalue weighted by atomic mass is 28.3. The summed E-state index contributed by atoms with van der Waals surface area (Å²) in [7, 11) is 0.585. The van der Waals surface area contributed by atoms with E-state index in [1.807, 2.05) is 12.1 Å². The Morgan fingerprint density at radius 1 is 1.17 bits per heavy atom. The number of hydrogen-bond donors (Lipinski definition) is 0. The van der Waals surface area contributed by atoms with E-state index in [1.54, 1.807) is 7.11 Å². The monoisotopic (exact) mass is 336 g/mol. The zero-order chi connectivity index (χ0) is 16.8. The first kappa shape index (κ1) is 18.5. The highest BCUT2D eigenvalue weighted by molar-refractivity contribution is 6.76. The first-order valence-electron chi connectivity index (χ1n) is 8.77. The molecular formula is C19H32O3Si. The second-order valence-electron chi connectivity index (χ2n) is 7.88. The van der Waals surface area contributed by atoms with Crippen molar-refractivity contribution < 1.29 is 14.2 Å². The number of benzene rings is 1. The van der Waals surface area contributed by atoms with E-state index in [0.29, 0.717) is 6.61 Å². The Morgan fingerprint density at radius 3 is 2.48 bits per heavy atom. The van der Waals surface area contributed by atoms with E-state index in [-0.39, 0.29) is 5.60 Å². The molecule has 130 valence electrons. The van der Waals surface area contributed by atoms with Crippen LogP contribution in [0.15, 0.2) is 24.3 Å². The summed E-state index contributed by atoms with van der Waals surface area (Å²) in [5.41, 5.74) is 1.34. The maximum Gasteiger partial charge on any atom is 0.118 e. The van der Waals surface area contributed by atoms with Crippen LogP contribution in [0.3, 0.4) is 0 Å². The Morgan fingerprint density at radius 2 is 1.91 bits per heavy atom. The van der Waals surface area contributed by atoms with Gasteiger partial charge in [0.05, 0.1) is 19.3 Å². The van der Waals surface area contributed by atoms with Crippen LogP contribution in [0.5, 0.6) is 5.75 Å². The lowest BCUT2D eigenvalue weighted by Gasteiger charge is -2.34. The fourth-order valence-electron chi connectivity index (χ4n) is 3.55. The molecule has 1 fully saturated rings. The van der Waals surface area contributed by atoms with Crippen LogP contribution in [-0.2, 0) is 16.1 Å². The quantitative estimate of drug-likeness (QED) is 0.475. The SMILES string of the molecule is COc1ccc(COCCCC2(C[Si](C)(C)C)CCCO2)cc1. The van der Waals surface area contributed by atoms with Crippen LogP contribution in [0.1, 0.15) is 31.2 Å². The summed E-state index contributed by atoms with van der Waals surface area (Å²) in [5.74, 6) is 0.889. The topological polar surface area (TPSA) is 27.7 Å². The van der Waals surface area contributed by atoms with Gasteiger partial charge in [-0.25, -0.2) is 0 Å². The fourth-order valence-corrected chi connectivity index (χ4v) is 5.94. The van der Waals surface area contributed by atoms with Crippen LogP contribution < -0.4 is 4.74 Å². The lowest BCUT2D eigenvalue weighted by Crippen LogP contribution is -2.37. The maximum absolute atomic E-state index is 6.17. The Hall–Kier alpha value is -0.843. The predicted octanol–water partition coefficient (Wildman–Crippen LogP) is 4.88. The van der Waals surface area contributed by atoms with E-state index in [4.69, 9.17) is 14.2 Å². The molecule has 1 atom stereocenters. The molecule has 2 rings (SSSR count). The Kier molecular flexibility index (Phi) is 6.68. The van der Waals surface area contributed by atoms with Crippen molar-refractivity contribution in [2.24, 2.45) is 0 Å². The molecule has 0 amide bonds. The Bertz CT molecular complexity index is 458. The predicted molar refractivity (Wildman–Crippen MR) is 98.0 cm³/mol. The molecule has 0 saturated carbocycles. The van der Waals surface area contributed by atoms with E-state index < -0.39 is 8.07 Å². The van der Waals surface area contributed by atoms with Gasteiger partial charge in [-0.3, -0.25) is 0 Å². The molecule has 1 unspecified atom stereocenters. The minimum atomic E-state index is -1.10. The Balaban J connectivity index is 1.70. The van der Waals surface area contributed by atoms with E-state index in [2.05, 4.69) is 31.8 Å². The van der Waals surface area contributed by atoms with Gasteiger partial charge < -0.3 is 14.2 Å². The molecule has 0 radical (unpaired) electrons. The summed E-state index contributed by atoms with van der Waals surface area (Å²) in [4.78, 5) is 0. The average molecular weight is 337 g/mol. The van der Waals surface area contributed by atoms with Crippen LogP contribution in [-0.4, -0.2) is 34.0 Å². The fraction of sp³-hybridized carbons (Fsp3) is 0.684. The van der Waals surface area contributed by atoms with E-state index >= 15 is 0 Å². The van der Waals surface area contributed by atoms with Crippen LogP contribution in [0.4, 0.5) is 0 Å². The van der Waals surface area contributed by atoms with Gasteiger partial charge in [0, 0.05) is 21.3 Å². The van der Waals surface area contributed by atoms with Crippen molar-refractivity contribution in [3.05, 3.63) is 29.8 Å². The molecule has 1 aliphatic heterocycles. The molecule has 1 saturated heterocycles. The second kappa shape index (κ2) is 8.31. The minimum Gasteiger partial charge on any atom is -0.497 e. The van der Waals surface area contributed by atoms with Gasteiger partial charge in [-0.05, 0) is 49.4 Å². The van der Waals surface area contributed by atoms with Crippen LogP contribution in [0.25, 0.3) is 0 Å². The lowest BCUT2D eigenvalue weighted by molar-refractivity contribution is 0.00252. The molecule has 1 heterocycles. The molecule has 0 aliphatic carbocycles. The zero-order valence-electron chi connectivity index (χ0n) is 15.2. The Labute approximate surface area is 142 Å². The van der Waals surface area contributed by atoms with Crippen molar-refractivity contribution in [1.29, 1.82) is 0 Å². The third-order valence-electron chi connectivity index (χ3n) is 4.39. The van der Waals surface area contributed by atoms with Gasteiger partial charge in [0.1, 0.15) is 5.75 Å². The van der Waals surface area contributed by atoms with Gasteiger partial charge in [-0.15, -0.1) is 0 Å². The van der Waals surface area contributed by atoms with E-state index in [0.717, 1.165) is 31.8 Å². The first-order valence-corrected chi connectivity index (χ1v) is 12.5. The van der Waals surface area contributed by atoms with Crippen molar-refractivity contribution in [2.75, 3.05) is 20.3 Å². The minimum absolute atomic E-state index is 0.147. The van der Waals surface area contributed by atoms with Gasteiger partial charge in [-0.2, -0.15) is 0 Å². The lowest BCUT2D eigenvalue weighted by atomic mass is 9.96. The molecule has 1 aliphatic rings. The molecular weight excluding hydrogens is 304 g/mol. The summed E-state index contributed by atoms with van der Waals surface area (Å²) in [6.45, 7) is 9.75. The summed E-state index contributed by atoms with van der Waals surface area (Å²) in [6.07, 6.45) is 4.67. The number of rotatable bonds is 9. The summed E-state index contributed by atoms with van der Waals surface area (Å²) in [6, 6.07) is 9.36. The number of methoxy groups -OCH3 is 1. The third kappa shape index (κ3) is 6.28. The van der Waals surface area contributed by atoms with Crippen molar-refractivity contribution in [2.45, 2.75) is 63.6 Å². The average Bonchev–Trinajstić information content (AvgIpc) is 2.94. The smallest absolute Gasteiger partial charge is 0.118 e. The van der Waals surface area contributed by atoms with Crippen molar-refractivity contribution in [1.82, 2.24) is 0 Å². The molecule has 0 N–H and O–H groups in total. The first-order chi connectivity index (χ1) is 10.9. The van der Waals surface area contributed by atoms with E-state index in [1.165, 1.54) is 24.4 Å². The van der Waals surface area contributed by atoms with Gasteiger partial charge >= 0.3 is 0 Å². The highest BCUT2D eigenvalue weighted by Gasteiger charge is 2.38. The molecule has 0 spiro atoms. The van der Waals surface area contributed by atoms with Gasteiger partial charge in [0.25, 0.3) is 0 Å². The maximum atomic E-state index is 6.17. The van der Waals surface area contributed by atoms with Crippen LogP contribution in [0.2, 0.25) is 25.7 Å². The molecule has 23 heavy (non-hydrogen) atoms. The number of hydrogen-bond acceptors (Lipinski definition) is 3. The molecule has 3 nitrogen and oxygen atoms in total. The summed E-state index contributed by atoms with van der Waals surface area (Å²) >= 11 is 0. The molecule has 0 bridgehead atoms. The standard InChI is InChI=1S/C19H32O3Si/c1-20-18-9-7-17(8-10-18)15-21-13-5-11-19(12-6-14-22-19)16-23(2,3)4/h7-10H,5-6,11-16H2,1-4H3. The summed E-state index contributed by atoms with van der Waals surface area (Å²) in [5, 5.41) is 0. The third-order valence-corrected chi connectivity index (χ3v) is 6.09. The van der Waals surface area contributed by atoms with Crippen molar-refractivity contribution in [3.63, 3.8) is 0 Å². The van der Waals surface area contributed by atoms with Gasteiger partial charge in [-0.1, -0.05) is 31.8 Å². The van der Waals surface area contributed by atoms with Crippen molar-refractivity contribution >= 4 is 8.07 Å². The molecule has 1 aromatic rings. The van der Waals surface area contributed by atoms with Crippen LogP contribution in [0, 0.1) is 0 Å². The second-order valence-corrected chi connectivity index (χ2v) is 13.4. The van der Waals surface area contributed by atoms with E-state index in [9.17, 15) is 0 Å². The highest BCUT2D eigenvalue weighted by Crippen LogP contribution is 2.37. The molecule has 4 heteroatoms. The normalized spacial score (nSPS) is 21.6. The van der Waals surface area contributed by atoms with Gasteiger partial charge in [0.15, 0.2) is 0 Å². The number of ether oxygens (including phenoxy) is 3. The van der Waals surface area contributed by atoms with Crippen molar-refractivity contribution in [3.8, 4) is 5.75 Å². The molecule has 1 aromatic carbocycles. The largest absolute Gasteiger partial charge is 0.497 e. The zero-order valence-corrected chi connectivity index (χ0v) is 16.2. The summed E-state index contributed by atoms with van der Waals surface area (Å²) < 4.78 is 17.2.